The number of hydrazine groups is 1. The minimum Gasteiger partial charge on any atom is -0.395 e. The van der Waals surface area contributed by atoms with Crippen LogP contribution in [0.15, 0.2) is 18.3 Å². The van der Waals surface area contributed by atoms with Gasteiger partial charge in [-0.05, 0) is 31.5 Å². The highest BCUT2D eigenvalue weighted by Crippen LogP contribution is 2.18. The molecule has 0 spiro atoms. The molecule has 0 saturated carbocycles. The monoisotopic (exact) mass is 264 g/mol. The Bertz CT molecular complexity index is 421. The molecule has 1 atom stereocenters. The number of likely N-dealkylation sites (tertiary alicyclic amines) is 1. The van der Waals surface area contributed by atoms with Gasteiger partial charge in [0.05, 0.1) is 17.9 Å². The van der Waals surface area contributed by atoms with Crippen LogP contribution in [0.3, 0.4) is 0 Å². The summed E-state index contributed by atoms with van der Waals surface area (Å²) in [7, 11) is 0. The standard InChI is InChI=1S/C13H20N4O2/c14-16-13(19)10-4-5-11(15-7-10)8-17-6-2-1-3-12(17)9-18/h4-5,7,12,18H,1-3,6,8-9,14H2,(H,16,19). The summed E-state index contributed by atoms with van der Waals surface area (Å²) in [6, 6.07) is 3.76. The summed E-state index contributed by atoms with van der Waals surface area (Å²) in [6.45, 7) is 1.88. The van der Waals surface area contributed by atoms with Crippen molar-refractivity contribution in [2.45, 2.75) is 31.8 Å². The molecular formula is C13H20N4O2. The molecule has 2 heterocycles. The number of aliphatic hydroxyl groups is 1. The zero-order valence-electron chi connectivity index (χ0n) is 10.9. The maximum Gasteiger partial charge on any atom is 0.266 e. The largest absolute Gasteiger partial charge is 0.395 e. The molecule has 1 aromatic heterocycles. The van der Waals surface area contributed by atoms with Crippen molar-refractivity contribution >= 4 is 5.91 Å². The average molecular weight is 264 g/mol. The Morgan fingerprint density at radius 1 is 1.53 bits per heavy atom. The molecule has 4 N–H and O–H groups in total. The van der Waals surface area contributed by atoms with Crippen molar-refractivity contribution in [3.63, 3.8) is 0 Å². The van der Waals surface area contributed by atoms with Crippen LogP contribution in [0.5, 0.6) is 0 Å². The summed E-state index contributed by atoms with van der Waals surface area (Å²) in [6.07, 6.45) is 4.88. The lowest BCUT2D eigenvalue weighted by Gasteiger charge is -2.34. The molecule has 1 amide bonds. The van der Waals surface area contributed by atoms with E-state index in [1.165, 1.54) is 12.6 Å². The van der Waals surface area contributed by atoms with Crippen molar-refractivity contribution in [1.29, 1.82) is 0 Å². The van der Waals surface area contributed by atoms with Gasteiger partial charge in [-0.25, -0.2) is 5.84 Å². The Hall–Kier alpha value is -1.50. The van der Waals surface area contributed by atoms with E-state index in [-0.39, 0.29) is 18.6 Å². The summed E-state index contributed by atoms with van der Waals surface area (Å²) in [5.74, 6) is 4.72. The Balaban J connectivity index is 2.00. The Morgan fingerprint density at radius 3 is 3.00 bits per heavy atom. The summed E-state index contributed by atoms with van der Waals surface area (Å²) in [4.78, 5) is 17.8. The van der Waals surface area contributed by atoms with Crippen LogP contribution in [0.2, 0.25) is 0 Å². The van der Waals surface area contributed by atoms with E-state index < -0.39 is 0 Å². The van der Waals surface area contributed by atoms with E-state index in [2.05, 4.69) is 15.3 Å². The Kier molecular flexibility index (Phi) is 4.84. The van der Waals surface area contributed by atoms with Gasteiger partial charge in [0, 0.05) is 18.8 Å². The summed E-state index contributed by atoms with van der Waals surface area (Å²) in [5, 5.41) is 9.36. The van der Waals surface area contributed by atoms with Crippen LogP contribution in [0, 0.1) is 0 Å². The maximum atomic E-state index is 11.3. The number of piperidine rings is 1. The first-order valence-corrected chi connectivity index (χ1v) is 6.55. The number of amides is 1. The van der Waals surface area contributed by atoms with E-state index in [9.17, 15) is 9.90 Å². The third kappa shape index (κ3) is 3.50. The molecule has 0 radical (unpaired) electrons. The fourth-order valence-corrected chi connectivity index (χ4v) is 2.42. The normalized spacial score (nSPS) is 20.2. The Morgan fingerprint density at radius 2 is 2.37 bits per heavy atom. The topological polar surface area (TPSA) is 91.5 Å². The second kappa shape index (κ2) is 6.60. The molecule has 0 bridgehead atoms. The van der Waals surface area contributed by atoms with Crippen molar-refractivity contribution < 1.29 is 9.90 Å². The predicted octanol–water partition coefficient (Wildman–Crippen LogP) is 0.0319. The molecule has 6 heteroatoms. The number of aromatic nitrogens is 1. The molecule has 1 aliphatic heterocycles. The number of hydrogen-bond donors (Lipinski definition) is 3. The smallest absolute Gasteiger partial charge is 0.266 e. The zero-order chi connectivity index (χ0) is 13.7. The van der Waals surface area contributed by atoms with Crippen molar-refractivity contribution in [3.8, 4) is 0 Å². The van der Waals surface area contributed by atoms with Crippen LogP contribution < -0.4 is 11.3 Å². The molecule has 1 aliphatic rings. The van der Waals surface area contributed by atoms with E-state index in [4.69, 9.17) is 5.84 Å². The van der Waals surface area contributed by atoms with Gasteiger partial charge in [0.2, 0.25) is 0 Å². The van der Waals surface area contributed by atoms with E-state index in [0.717, 1.165) is 25.1 Å². The highest BCUT2D eigenvalue weighted by atomic mass is 16.3. The first-order chi connectivity index (χ1) is 9.24. The van der Waals surface area contributed by atoms with Gasteiger partial charge in [0.1, 0.15) is 0 Å². The van der Waals surface area contributed by atoms with Crippen LogP contribution in [0.1, 0.15) is 35.3 Å². The van der Waals surface area contributed by atoms with Gasteiger partial charge >= 0.3 is 0 Å². The lowest BCUT2D eigenvalue weighted by atomic mass is 10.0. The summed E-state index contributed by atoms with van der Waals surface area (Å²) >= 11 is 0. The fraction of sp³-hybridized carbons (Fsp3) is 0.538. The lowest BCUT2D eigenvalue weighted by Crippen LogP contribution is -2.41. The molecule has 1 saturated heterocycles. The number of carbonyl (C=O) groups is 1. The molecule has 1 fully saturated rings. The Labute approximate surface area is 112 Å². The zero-order valence-corrected chi connectivity index (χ0v) is 10.9. The highest BCUT2D eigenvalue weighted by Gasteiger charge is 2.21. The number of aliphatic hydroxyl groups excluding tert-OH is 1. The molecular weight excluding hydrogens is 244 g/mol. The van der Waals surface area contributed by atoms with Gasteiger partial charge in [0.25, 0.3) is 5.91 Å². The number of pyridine rings is 1. The van der Waals surface area contributed by atoms with E-state index in [0.29, 0.717) is 12.1 Å². The highest BCUT2D eigenvalue weighted by molar-refractivity contribution is 5.93. The van der Waals surface area contributed by atoms with Crippen LogP contribution in [-0.2, 0) is 6.54 Å². The lowest BCUT2D eigenvalue weighted by molar-refractivity contribution is 0.0830. The van der Waals surface area contributed by atoms with Gasteiger partial charge in [-0.15, -0.1) is 0 Å². The van der Waals surface area contributed by atoms with Crippen LogP contribution in [0.25, 0.3) is 0 Å². The SMILES string of the molecule is NNC(=O)c1ccc(CN2CCCCC2CO)nc1. The van der Waals surface area contributed by atoms with E-state index >= 15 is 0 Å². The van der Waals surface area contributed by atoms with Crippen molar-refractivity contribution in [2.24, 2.45) is 5.84 Å². The fourth-order valence-electron chi connectivity index (χ4n) is 2.42. The minimum atomic E-state index is -0.342. The second-order valence-electron chi connectivity index (χ2n) is 4.81. The number of carbonyl (C=O) groups excluding carboxylic acids is 1. The number of rotatable bonds is 4. The quantitative estimate of drug-likeness (QED) is 0.405. The minimum absolute atomic E-state index is 0.188. The molecule has 1 aromatic rings. The first-order valence-electron chi connectivity index (χ1n) is 6.55. The first kappa shape index (κ1) is 13.9. The number of nitrogens with zero attached hydrogens (tertiary/aromatic N) is 2. The molecule has 104 valence electrons. The molecule has 19 heavy (non-hydrogen) atoms. The number of nitrogens with one attached hydrogen (secondary N) is 1. The molecule has 2 rings (SSSR count). The van der Waals surface area contributed by atoms with Crippen molar-refractivity contribution in [2.75, 3.05) is 13.2 Å². The summed E-state index contributed by atoms with van der Waals surface area (Å²) in [5.41, 5.74) is 3.42. The van der Waals surface area contributed by atoms with E-state index in [1.54, 1.807) is 6.07 Å². The molecule has 0 aromatic carbocycles. The van der Waals surface area contributed by atoms with Gasteiger partial charge in [0.15, 0.2) is 0 Å². The predicted molar refractivity (Wildman–Crippen MR) is 71.0 cm³/mol. The van der Waals surface area contributed by atoms with Gasteiger partial charge < -0.3 is 5.11 Å². The van der Waals surface area contributed by atoms with Gasteiger partial charge in [-0.1, -0.05) is 6.42 Å². The van der Waals surface area contributed by atoms with Crippen LogP contribution in [-0.4, -0.2) is 40.1 Å². The number of nitrogen functional groups attached to an aromatic ring is 1. The molecule has 1 unspecified atom stereocenters. The van der Waals surface area contributed by atoms with Crippen molar-refractivity contribution in [1.82, 2.24) is 15.3 Å². The number of nitrogens with two attached hydrogens (primary N) is 1. The van der Waals surface area contributed by atoms with E-state index in [1.807, 2.05) is 6.07 Å². The van der Waals surface area contributed by atoms with Crippen LogP contribution >= 0.6 is 0 Å². The second-order valence-corrected chi connectivity index (χ2v) is 4.81. The maximum absolute atomic E-state index is 11.3. The average Bonchev–Trinajstić information content (AvgIpc) is 2.48. The molecule has 6 nitrogen and oxygen atoms in total. The number of hydrogen-bond acceptors (Lipinski definition) is 5. The van der Waals surface area contributed by atoms with Gasteiger partial charge in [-0.3, -0.25) is 20.1 Å². The third-order valence-corrected chi connectivity index (χ3v) is 3.54. The summed E-state index contributed by atoms with van der Waals surface area (Å²) < 4.78 is 0. The third-order valence-electron chi connectivity index (χ3n) is 3.54. The molecule has 0 aliphatic carbocycles. The van der Waals surface area contributed by atoms with Crippen LogP contribution in [0.4, 0.5) is 0 Å². The van der Waals surface area contributed by atoms with Gasteiger partial charge in [-0.2, -0.15) is 0 Å². The van der Waals surface area contributed by atoms with Crippen molar-refractivity contribution in [3.05, 3.63) is 29.6 Å².